The molecular formula is C18H20N6O3. The van der Waals surface area contributed by atoms with Crippen LogP contribution in [0.3, 0.4) is 0 Å². The van der Waals surface area contributed by atoms with E-state index in [0.29, 0.717) is 28.8 Å². The van der Waals surface area contributed by atoms with Gasteiger partial charge in [-0.25, -0.2) is 19.4 Å². The van der Waals surface area contributed by atoms with Crippen LogP contribution in [0.4, 0.5) is 16.3 Å². The lowest BCUT2D eigenvalue weighted by atomic mass is 10.3. The van der Waals surface area contributed by atoms with Crippen molar-refractivity contribution < 1.29 is 14.3 Å². The summed E-state index contributed by atoms with van der Waals surface area (Å²) in [6.07, 6.45) is 1.37. The predicted molar refractivity (Wildman–Crippen MR) is 101 cm³/mol. The molecule has 0 bridgehead atoms. The minimum atomic E-state index is -0.444. The highest BCUT2D eigenvalue weighted by molar-refractivity contribution is 5.99. The number of anilines is 2. The SMILES string of the molecule is COc1ccc(NC(=O)Nc2cc(-n3nc(C)cc3C)ncn2)cc1OC. The van der Waals surface area contributed by atoms with Crippen molar-refractivity contribution in [2.45, 2.75) is 13.8 Å². The Bertz CT molecular complexity index is 969. The Hall–Kier alpha value is -3.62. The second-order valence-electron chi connectivity index (χ2n) is 5.75. The van der Waals surface area contributed by atoms with Crippen molar-refractivity contribution in [3.63, 3.8) is 0 Å². The Morgan fingerprint density at radius 1 is 1.00 bits per heavy atom. The van der Waals surface area contributed by atoms with E-state index in [2.05, 4.69) is 25.7 Å². The molecule has 9 nitrogen and oxygen atoms in total. The molecule has 9 heteroatoms. The average molecular weight is 368 g/mol. The zero-order valence-corrected chi connectivity index (χ0v) is 15.5. The van der Waals surface area contributed by atoms with Crippen LogP contribution in [0.5, 0.6) is 11.5 Å². The molecule has 0 unspecified atom stereocenters. The van der Waals surface area contributed by atoms with E-state index < -0.39 is 6.03 Å². The van der Waals surface area contributed by atoms with Crippen LogP contribution in [-0.4, -0.2) is 40.0 Å². The number of nitrogens with one attached hydrogen (secondary N) is 2. The molecule has 0 saturated carbocycles. The van der Waals surface area contributed by atoms with Gasteiger partial charge in [0.05, 0.1) is 19.9 Å². The van der Waals surface area contributed by atoms with Crippen LogP contribution in [0.25, 0.3) is 5.82 Å². The summed E-state index contributed by atoms with van der Waals surface area (Å²) >= 11 is 0. The molecule has 140 valence electrons. The first-order chi connectivity index (χ1) is 13.0. The van der Waals surface area contributed by atoms with Gasteiger partial charge in [-0.3, -0.25) is 5.32 Å². The maximum atomic E-state index is 12.3. The van der Waals surface area contributed by atoms with Crippen molar-refractivity contribution in [3.05, 3.63) is 48.0 Å². The molecule has 0 aliphatic rings. The zero-order valence-electron chi connectivity index (χ0n) is 15.5. The van der Waals surface area contributed by atoms with E-state index in [1.54, 1.807) is 36.1 Å². The fourth-order valence-corrected chi connectivity index (χ4v) is 2.58. The van der Waals surface area contributed by atoms with Gasteiger partial charge >= 0.3 is 6.03 Å². The number of methoxy groups -OCH3 is 2. The van der Waals surface area contributed by atoms with Gasteiger partial charge in [-0.2, -0.15) is 5.10 Å². The molecule has 0 radical (unpaired) electrons. The number of hydrogen-bond donors (Lipinski definition) is 2. The molecule has 0 saturated heterocycles. The summed E-state index contributed by atoms with van der Waals surface area (Å²) in [5, 5.41) is 9.78. The van der Waals surface area contributed by atoms with E-state index in [0.717, 1.165) is 11.4 Å². The minimum Gasteiger partial charge on any atom is -0.493 e. The van der Waals surface area contributed by atoms with Crippen molar-refractivity contribution >= 4 is 17.5 Å². The highest BCUT2D eigenvalue weighted by atomic mass is 16.5. The Balaban J connectivity index is 1.73. The lowest BCUT2D eigenvalue weighted by Gasteiger charge is -2.11. The maximum Gasteiger partial charge on any atom is 0.324 e. The van der Waals surface area contributed by atoms with Crippen LogP contribution in [-0.2, 0) is 0 Å². The summed E-state index contributed by atoms with van der Waals surface area (Å²) < 4.78 is 12.1. The Labute approximate surface area is 156 Å². The molecule has 27 heavy (non-hydrogen) atoms. The molecule has 3 rings (SSSR count). The number of rotatable bonds is 5. The number of nitrogens with zero attached hydrogens (tertiary/aromatic N) is 4. The normalized spacial score (nSPS) is 10.4. The van der Waals surface area contributed by atoms with Gasteiger partial charge < -0.3 is 14.8 Å². The summed E-state index contributed by atoms with van der Waals surface area (Å²) in [7, 11) is 3.08. The Morgan fingerprint density at radius 2 is 1.78 bits per heavy atom. The number of amides is 2. The molecule has 2 aromatic heterocycles. The Morgan fingerprint density at radius 3 is 2.44 bits per heavy atom. The van der Waals surface area contributed by atoms with E-state index in [4.69, 9.17) is 9.47 Å². The molecule has 0 aliphatic carbocycles. The average Bonchev–Trinajstić information content (AvgIpc) is 3.00. The molecule has 1 aromatic carbocycles. The number of aromatic nitrogens is 4. The van der Waals surface area contributed by atoms with E-state index in [1.807, 2.05) is 19.9 Å². The molecule has 3 aromatic rings. The fourth-order valence-electron chi connectivity index (χ4n) is 2.58. The fraction of sp³-hybridized carbons (Fsp3) is 0.222. The number of hydrogen-bond acceptors (Lipinski definition) is 6. The first kappa shape index (κ1) is 18.2. The number of aryl methyl sites for hydroxylation is 2. The summed E-state index contributed by atoms with van der Waals surface area (Å²) in [6.45, 7) is 3.83. The van der Waals surface area contributed by atoms with Crippen molar-refractivity contribution in [3.8, 4) is 17.3 Å². The summed E-state index contributed by atoms with van der Waals surface area (Å²) in [5.74, 6) is 2.01. The van der Waals surface area contributed by atoms with Crippen LogP contribution in [0.2, 0.25) is 0 Å². The topological polar surface area (TPSA) is 103 Å². The number of carbonyl (C=O) groups is 1. The molecule has 0 aliphatic heterocycles. The maximum absolute atomic E-state index is 12.3. The zero-order chi connectivity index (χ0) is 19.4. The van der Waals surface area contributed by atoms with E-state index in [-0.39, 0.29) is 0 Å². The second kappa shape index (κ2) is 7.73. The third-order valence-corrected chi connectivity index (χ3v) is 3.76. The van der Waals surface area contributed by atoms with Crippen molar-refractivity contribution in [1.29, 1.82) is 0 Å². The van der Waals surface area contributed by atoms with Gasteiger partial charge in [0, 0.05) is 23.5 Å². The molecule has 0 fully saturated rings. The van der Waals surface area contributed by atoms with Gasteiger partial charge in [0.25, 0.3) is 0 Å². The van der Waals surface area contributed by atoms with Crippen LogP contribution in [0, 0.1) is 13.8 Å². The predicted octanol–water partition coefficient (Wildman–Crippen LogP) is 2.94. The lowest BCUT2D eigenvalue weighted by molar-refractivity contribution is 0.262. The summed E-state index contributed by atoms with van der Waals surface area (Å²) in [5.41, 5.74) is 2.37. The highest BCUT2D eigenvalue weighted by Gasteiger charge is 2.10. The van der Waals surface area contributed by atoms with E-state index in [1.165, 1.54) is 13.4 Å². The molecule has 2 heterocycles. The molecule has 0 spiro atoms. The highest BCUT2D eigenvalue weighted by Crippen LogP contribution is 2.29. The first-order valence-corrected chi connectivity index (χ1v) is 8.16. The minimum absolute atomic E-state index is 0.352. The number of benzene rings is 1. The number of carbonyl (C=O) groups excluding carboxylic acids is 1. The number of ether oxygens (including phenoxy) is 2. The molecule has 0 atom stereocenters. The summed E-state index contributed by atoms with van der Waals surface area (Å²) in [4.78, 5) is 20.6. The lowest BCUT2D eigenvalue weighted by Crippen LogP contribution is -2.20. The van der Waals surface area contributed by atoms with Crippen molar-refractivity contribution in [2.75, 3.05) is 24.9 Å². The largest absolute Gasteiger partial charge is 0.493 e. The van der Waals surface area contributed by atoms with Gasteiger partial charge in [0.1, 0.15) is 12.1 Å². The van der Waals surface area contributed by atoms with Gasteiger partial charge in [0.2, 0.25) is 0 Å². The van der Waals surface area contributed by atoms with Gasteiger partial charge in [0.15, 0.2) is 17.3 Å². The van der Waals surface area contributed by atoms with Crippen LogP contribution in [0.1, 0.15) is 11.4 Å². The van der Waals surface area contributed by atoms with E-state index >= 15 is 0 Å². The molecule has 2 amide bonds. The van der Waals surface area contributed by atoms with Crippen molar-refractivity contribution in [2.24, 2.45) is 0 Å². The van der Waals surface area contributed by atoms with Crippen LogP contribution < -0.4 is 20.1 Å². The van der Waals surface area contributed by atoms with E-state index in [9.17, 15) is 4.79 Å². The van der Waals surface area contributed by atoms with Crippen LogP contribution in [0.15, 0.2) is 36.7 Å². The second-order valence-corrected chi connectivity index (χ2v) is 5.75. The van der Waals surface area contributed by atoms with Gasteiger partial charge in [-0.05, 0) is 32.0 Å². The van der Waals surface area contributed by atoms with Crippen LogP contribution >= 0.6 is 0 Å². The Kier molecular flexibility index (Phi) is 5.20. The molecule has 2 N–H and O–H groups in total. The van der Waals surface area contributed by atoms with Crippen molar-refractivity contribution in [1.82, 2.24) is 19.7 Å². The first-order valence-electron chi connectivity index (χ1n) is 8.16. The smallest absolute Gasteiger partial charge is 0.324 e. The quantitative estimate of drug-likeness (QED) is 0.718. The van der Waals surface area contributed by atoms with Gasteiger partial charge in [-0.15, -0.1) is 0 Å². The monoisotopic (exact) mass is 368 g/mol. The number of urea groups is 1. The standard InChI is InChI=1S/C18H20N6O3/c1-11-7-12(2)24(23-11)17-9-16(19-10-20-17)22-18(25)21-13-5-6-14(26-3)15(8-13)27-4/h5-10H,1-4H3,(H2,19,20,21,22,25). The third-order valence-electron chi connectivity index (χ3n) is 3.76. The third kappa shape index (κ3) is 4.14. The molecular weight excluding hydrogens is 348 g/mol. The van der Waals surface area contributed by atoms with Gasteiger partial charge in [-0.1, -0.05) is 0 Å². The summed E-state index contributed by atoms with van der Waals surface area (Å²) in [6, 6.07) is 8.23.